The van der Waals surface area contributed by atoms with Crippen LogP contribution in [0.3, 0.4) is 0 Å². The average molecular weight is 305 g/mol. The summed E-state index contributed by atoms with van der Waals surface area (Å²) in [5.74, 6) is 1.16. The van der Waals surface area contributed by atoms with Gasteiger partial charge < -0.3 is 0 Å². The summed E-state index contributed by atoms with van der Waals surface area (Å²) in [5.41, 5.74) is 0. The molecule has 0 spiro atoms. The van der Waals surface area contributed by atoms with Gasteiger partial charge in [0.2, 0.25) is 0 Å². The van der Waals surface area contributed by atoms with Crippen molar-refractivity contribution in [2.24, 2.45) is 11.8 Å². The van der Waals surface area contributed by atoms with E-state index >= 15 is 0 Å². The summed E-state index contributed by atoms with van der Waals surface area (Å²) in [6, 6.07) is 0. The number of hydrogen-bond donors (Lipinski definition) is 0. The standard InChI is InChI=1S/C12H18IO/c1-10-6-4-5-7-11(10)8-9-12(13-2)14-3/h4-12H,1-3H3/q-1/b9-8+. The van der Waals surface area contributed by atoms with Crippen molar-refractivity contribution in [2.45, 2.75) is 11.0 Å². The zero-order valence-corrected chi connectivity index (χ0v) is 11.1. The molecule has 0 aromatic rings. The van der Waals surface area contributed by atoms with E-state index in [4.69, 9.17) is 4.74 Å². The van der Waals surface area contributed by atoms with Crippen molar-refractivity contribution in [2.75, 3.05) is 12.0 Å². The van der Waals surface area contributed by atoms with Crippen LogP contribution in [0.25, 0.3) is 0 Å². The van der Waals surface area contributed by atoms with Crippen LogP contribution >= 0.6 is 0 Å². The minimum atomic E-state index is 0.147. The van der Waals surface area contributed by atoms with Gasteiger partial charge >= 0.3 is 97.3 Å². The first-order valence-corrected chi connectivity index (χ1v) is 8.22. The second-order valence-corrected chi connectivity index (χ2v) is 5.87. The van der Waals surface area contributed by atoms with Crippen LogP contribution in [0.15, 0.2) is 36.5 Å². The first-order chi connectivity index (χ1) is 6.77. The summed E-state index contributed by atoms with van der Waals surface area (Å²) in [6.07, 6.45) is 13.2. The summed E-state index contributed by atoms with van der Waals surface area (Å²) in [7, 11) is 1.79. The predicted molar refractivity (Wildman–Crippen MR) is 56.8 cm³/mol. The fourth-order valence-corrected chi connectivity index (χ4v) is 2.59. The summed E-state index contributed by atoms with van der Waals surface area (Å²) in [6.45, 7) is 2.25. The van der Waals surface area contributed by atoms with E-state index in [0.717, 1.165) is 0 Å². The van der Waals surface area contributed by atoms with Gasteiger partial charge in [0.1, 0.15) is 0 Å². The zero-order chi connectivity index (χ0) is 10.4. The molecular weight excluding hydrogens is 287 g/mol. The number of hydrogen-bond acceptors (Lipinski definition) is 1. The number of allylic oxidation sites excluding steroid dienone is 5. The van der Waals surface area contributed by atoms with Crippen molar-refractivity contribution in [1.82, 2.24) is 0 Å². The van der Waals surface area contributed by atoms with Gasteiger partial charge in [-0.05, 0) is 0 Å². The van der Waals surface area contributed by atoms with Gasteiger partial charge in [-0.15, -0.1) is 0 Å². The Morgan fingerprint density at radius 3 is 2.64 bits per heavy atom. The predicted octanol–water partition coefficient (Wildman–Crippen LogP) is -0.388. The molecule has 0 amide bonds. The third-order valence-corrected chi connectivity index (χ3v) is 4.54. The summed E-state index contributed by atoms with van der Waals surface area (Å²) in [4.78, 5) is 2.25. The quantitative estimate of drug-likeness (QED) is 0.391. The normalized spacial score (nSPS) is 28.8. The van der Waals surface area contributed by atoms with E-state index in [1.54, 1.807) is 7.11 Å². The van der Waals surface area contributed by atoms with Crippen molar-refractivity contribution in [3.8, 4) is 0 Å². The van der Waals surface area contributed by atoms with Crippen LogP contribution in [-0.2, 0) is 4.74 Å². The van der Waals surface area contributed by atoms with Crippen LogP contribution in [0.4, 0.5) is 0 Å². The Labute approximate surface area is 97.2 Å². The van der Waals surface area contributed by atoms with Gasteiger partial charge in [0.15, 0.2) is 0 Å². The van der Waals surface area contributed by atoms with E-state index in [-0.39, 0.29) is 21.2 Å². The summed E-state index contributed by atoms with van der Waals surface area (Å²) < 4.78 is 5.72. The molecule has 0 radical (unpaired) electrons. The van der Waals surface area contributed by atoms with Crippen molar-refractivity contribution in [1.29, 1.82) is 0 Å². The molecule has 1 aliphatic rings. The molecule has 1 rings (SSSR count). The molecular formula is C12H18IO-. The molecule has 1 aliphatic carbocycles. The van der Waals surface area contributed by atoms with Gasteiger partial charge in [-0.2, -0.15) is 0 Å². The summed E-state index contributed by atoms with van der Waals surface area (Å²) in [5, 5.41) is 0. The van der Waals surface area contributed by atoms with Crippen molar-refractivity contribution >= 4 is 0 Å². The van der Waals surface area contributed by atoms with Gasteiger partial charge in [-0.3, -0.25) is 0 Å². The molecule has 14 heavy (non-hydrogen) atoms. The van der Waals surface area contributed by atoms with Gasteiger partial charge in [-0.1, -0.05) is 0 Å². The van der Waals surface area contributed by atoms with Crippen LogP contribution in [0.2, 0.25) is 0 Å². The van der Waals surface area contributed by atoms with Gasteiger partial charge in [0, 0.05) is 0 Å². The Kier molecular flexibility index (Phi) is 5.48. The first-order valence-electron chi connectivity index (χ1n) is 4.82. The molecule has 0 aliphatic heterocycles. The second-order valence-electron chi connectivity index (χ2n) is 3.40. The molecule has 0 saturated carbocycles. The molecule has 0 N–H and O–H groups in total. The van der Waals surface area contributed by atoms with Crippen molar-refractivity contribution in [3.63, 3.8) is 0 Å². The van der Waals surface area contributed by atoms with Gasteiger partial charge in [0.05, 0.1) is 0 Å². The molecule has 0 fully saturated rings. The Morgan fingerprint density at radius 1 is 1.36 bits per heavy atom. The van der Waals surface area contributed by atoms with Crippen LogP contribution in [0, 0.1) is 11.8 Å². The van der Waals surface area contributed by atoms with E-state index in [0.29, 0.717) is 15.9 Å². The van der Waals surface area contributed by atoms with E-state index in [9.17, 15) is 0 Å². The Bertz CT molecular complexity index is 239. The fourth-order valence-electron chi connectivity index (χ4n) is 1.43. The maximum atomic E-state index is 5.35. The summed E-state index contributed by atoms with van der Waals surface area (Å²) >= 11 is 0.147. The van der Waals surface area contributed by atoms with Crippen LogP contribution in [0.5, 0.6) is 0 Å². The van der Waals surface area contributed by atoms with Crippen molar-refractivity contribution < 1.29 is 25.9 Å². The third kappa shape index (κ3) is 3.58. The average Bonchev–Trinajstić information content (AvgIpc) is 2.22. The fraction of sp³-hybridized carbons (Fsp3) is 0.500. The topological polar surface area (TPSA) is 9.23 Å². The molecule has 3 atom stereocenters. The minimum absolute atomic E-state index is 0.147. The van der Waals surface area contributed by atoms with E-state index in [1.807, 2.05) is 0 Å². The SMILES string of the molecule is COC(/C=C/C1C=CC=CC1C)[I-]C. The van der Waals surface area contributed by atoms with E-state index < -0.39 is 0 Å². The third-order valence-electron chi connectivity index (χ3n) is 2.39. The van der Waals surface area contributed by atoms with Gasteiger partial charge in [-0.25, -0.2) is 0 Å². The number of halogens is 1. The molecule has 80 valence electrons. The van der Waals surface area contributed by atoms with E-state index in [2.05, 4.69) is 48.3 Å². The Balaban J connectivity index is 2.50. The van der Waals surface area contributed by atoms with Crippen LogP contribution in [-0.4, -0.2) is 16.2 Å². The van der Waals surface area contributed by atoms with E-state index in [1.165, 1.54) is 0 Å². The number of rotatable bonds is 4. The number of alkyl halides is 2. The molecule has 0 aromatic carbocycles. The maximum absolute atomic E-state index is 5.35. The Morgan fingerprint density at radius 2 is 2.07 bits per heavy atom. The molecule has 0 bridgehead atoms. The molecule has 0 saturated heterocycles. The zero-order valence-electron chi connectivity index (χ0n) is 8.98. The molecule has 1 nitrogen and oxygen atoms in total. The second kappa shape index (κ2) is 6.40. The monoisotopic (exact) mass is 305 g/mol. The Hall–Kier alpha value is -0.0900. The van der Waals surface area contributed by atoms with Crippen LogP contribution < -0.4 is 21.2 Å². The molecule has 3 unspecified atom stereocenters. The van der Waals surface area contributed by atoms with Crippen molar-refractivity contribution in [3.05, 3.63) is 36.5 Å². The van der Waals surface area contributed by atoms with Gasteiger partial charge in [0.25, 0.3) is 0 Å². The molecule has 0 heterocycles. The number of ether oxygens (including phenoxy) is 1. The molecule has 2 heteroatoms. The molecule has 0 aromatic heterocycles. The first kappa shape index (κ1) is 12.0. The number of methoxy groups -OCH3 is 1. The van der Waals surface area contributed by atoms with Crippen LogP contribution in [0.1, 0.15) is 6.92 Å².